The molecule has 0 saturated carbocycles. The van der Waals surface area contributed by atoms with Gasteiger partial charge in [0.1, 0.15) is 17.2 Å². The average molecular weight is 511 g/mol. The molecule has 1 amide bonds. The fraction of sp³-hybridized carbons (Fsp3) is 0.160. The van der Waals surface area contributed by atoms with E-state index in [0.29, 0.717) is 38.9 Å². The zero-order valence-electron chi connectivity index (χ0n) is 19.3. The predicted molar refractivity (Wildman–Crippen MR) is 137 cm³/mol. The Bertz CT molecular complexity index is 1310. The standard InChI is InChI=1S/C25H23ClN4O4S/c1-32-20-6-4-5-16(11-20)24-28-29-25(30(24)19-9-7-17(26)8-10-19)35-15-23(31)27-18-12-21(33-2)14-22(13-18)34-3/h4-14H,15H2,1-3H3,(H,27,31). The SMILES string of the molecule is COc1cc(NC(=O)CSc2nnc(-c3cccc(OC)c3)n2-c2ccc(Cl)cc2)cc(OC)c1. The normalized spacial score (nSPS) is 10.6. The maximum absolute atomic E-state index is 12.7. The van der Waals surface area contributed by atoms with Gasteiger partial charge in [0.15, 0.2) is 11.0 Å². The number of carbonyl (C=O) groups excluding carboxylic acids is 1. The second-order valence-electron chi connectivity index (χ2n) is 7.29. The zero-order chi connectivity index (χ0) is 24.8. The molecule has 0 aliphatic carbocycles. The fourth-order valence-electron chi connectivity index (χ4n) is 3.34. The van der Waals surface area contributed by atoms with Crippen LogP contribution in [0.1, 0.15) is 0 Å². The molecule has 0 radical (unpaired) electrons. The quantitative estimate of drug-likeness (QED) is 0.304. The highest BCUT2D eigenvalue weighted by molar-refractivity contribution is 7.99. The number of ether oxygens (including phenoxy) is 3. The number of benzene rings is 3. The van der Waals surface area contributed by atoms with Crippen molar-refractivity contribution in [1.29, 1.82) is 0 Å². The summed E-state index contributed by atoms with van der Waals surface area (Å²) >= 11 is 7.37. The van der Waals surface area contributed by atoms with Gasteiger partial charge >= 0.3 is 0 Å². The van der Waals surface area contributed by atoms with E-state index in [9.17, 15) is 4.79 Å². The van der Waals surface area contributed by atoms with Crippen LogP contribution in [-0.2, 0) is 4.79 Å². The van der Waals surface area contributed by atoms with Gasteiger partial charge in [-0.25, -0.2) is 0 Å². The van der Waals surface area contributed by atoms with Crippen molar-refractivity contribution in [2.45, 2.75) is 5.16 Å². The molecule has 4 aromatic rings. The van der Waals surface area contributed by atoms with E-state index in [0.717, 1.165) is 11.3 Å². The van der Waals surface area contributed by atoms with Crippen molar-refractivity contribution < 1.29 is 19.0 Å². The van der Waals surface area contributed by atoms with Crippen LogP contribution >= 0.6 is 23.4 Å². The van der Waals surface area contributed by atoms with Gasteiger partial charge in [-0.15, -0.1) is 10.2 Å². The van der Waals surface area contributed by atoms with Gasteiger partial charge in [0, 0.05) is 40.2 Å². The summed E-state index contributed by atoms with van der Waals surface area (Å²) < 4.78 is 17.8. The Labute approximate surface area is 212 Å². The third kappa shape index (κ3) is 5.87. The molecule has 0 spiro atoms. The molecule has 0 aliphatic rings. The van der Waals surface area contributed by atoms with E-state index < -0.39 is 0 Å². The number of rotatable bonds is 9. The first-order valence-electron chi connectivity index (χ1n) is 10.5. The van der Waals surface area contributed by atoms with E-state index in [2.05, 4.69) is 15.5 Å². The first-order valence-corrected chi connectivity index (χ1v) is 11.9. The van der Waals surface area contributed by atoms with Gasteiger partial charge in [0.2, 0.25) is 5.91 Å². The van der Waals surface area contributed by atoms with E-state index in [1.54, 1.807) is 51.7 Å². The summed E-state index contributed by atoms with van der Waals surface area (Å²) in [4.78, 5) is 12.7. The molecular formula is C25H23ClN4O4S. The lowest BCUT2D eigenvalue weighted by molar-refractivity contribution is -0.113. The van der Waals surface area contributed by atoms with Crippen molar-refractivity contribution in [2.24, 2.45) is 0 Å². The smallest absolute Gasteiger partial charge is 0.234 e. The summed E-state index contributed by atoms with van der Waals surface area (Å²) in [5, 5.41) is 12.8. The zero-order valence-corrected chi connectivity index (χ0v) is 20.9. The molecule has 0 aliphatic heterocycles. The van der Waals surface area contributed by atoms with Crippen LogP contribution in [0, 0.1) is 0 Å². The van der Waals surface area contributed by atoms with E-state index in [-0.39, 0.29) is 11.7 Å². The number of nitrogens with zero attached hydrogens (tertiary/aromatic N) is 3. The number of halogens is 1. The number of carbonyl (C=O) groups is 1. The second-order valence-corrected chi connectivity index (χ2v) is 8.67. The summed E-state index contributed by atoms with van der Waals surface area (Å²) in [6.45, 7) is 0. The molecule has 0 unspecified atom stereocenters. The highest BCUT2D eigenvalue weighted by Gasteiger charge is 2.18. The van der Waals surface area contributed by atoms with Crippen LogP contribution < -0.4 is 19.5 Å². The maximum Gasteiger partial charge on any atom is 0.234 e. The Morgan fingerprint density at radius 3 is 2.26 bits per heavy atom. The van der Waals surface area contributed by atoms with Crippen LogP contribution in [0.2, 0.25) is 5.02 Å². The number of hydrogen-bond acceptors (Lipinski definition) is 7. The van der Waals surface area contributed by atoms with Gasteiger partial charge in [-0.3, -0.25) is 9.36 Å². The minimum atomic E-state index is -0.209. The molecular weight excluding hydrogens is 488 g/mol. The number of hydrogen-bond donors (Lipinski definition) is 1. The lowest BCUT2D eigenvalue weighted by Gasteiger charge is -2.12. The Morgan fingerprint density at radius 2 is 1.60 bits per heavy atom. The minimum absolute atomic E-state index is 0.114. The lowest BCUT2D eigenvalue weighted by atomic mass is 10.2. The van der Waals surface area contributed by atoms with Crippen molar-refractivity contribution in [1.82, 2.24) is 14.8 Å². The topological polar surface area (TPSA) is 87.5 Å². The van der Waals surface area contributed by atoms with Crippen molar-refractivity contribution >= 4 is 35.0 Å². The summed E-state index contributed by atoms with van der Waals surface area (Å²) in [5.74, 6) is 2.39. The Hall–Kier alpha value is -3.69. The highest BCUT2D eigenvalue weighted by Crippen LogP contribution is 2.31. The predicted octanol–water partition coefficient (Wildman–Crippen LogP) is 5.34. The Kier molecular flexibility index (Phi) is 7.79. The first-order chi connectivity index (χ1) is 17.0. The molecule has 1 aromatic heterocycles. The van der Waals surface area contributed by atoms with E-state index in [1.165, 1.54) is 11.8 Å². The molecule has 1 N–H and O–H groups in total. The van der Waals surface area contributed by atoms with Crippen LogP contribution in [-0.4, -0.2) is 47.8 Å². The summed E-state index contributed by atoms with van der Waals surface area (Å²) in [7, 11) is 4.72. The number of aromatic nitrogens is 3. The van der Waals surface area contributed by atoms with Crippen molar-refractivity contribution in [2.75, 3.05) is 32.4 Å². The van der Waals surface area contributed by atoms with Crippen molar-refractivity contribution in [3.05, 3.63) is 71.8 Å². The molecule has 1 heterocycles. The first kappa shape index (κ1) is 24.4. The molecule has 0 atom stereocenters. The molecule has 10 heteroatoms. The molecule has 4 rings (SSSR count). The molecule has 3 aromatic carbocycles. The monoisotopic (exact) mass is 510 g/mol. The van der Waals surface area contributed by atoms with Crippen LogP contribution in [0.15, 0.2) is 71.9 Å². The van der Waals surface area contributed by atoms with E-state index in [4.69, 9.17) is 25.8 Å². The summed E-state index contributed by atoms with van der Waals surface area (Å²) in [5.41, 5.74) is 2.22. The number of thioether (sulfide) groups is 1. The molecule has 0 saturated heterocycles. The summed E-state index contributed by atoms with van der Waals surface area (Å²) in [6.07, 6.45) is 0. The number of anilines is 1. The molecule has 0 bridgehead atoms. The fourth-order valence-corrected chi connectivity index (χ4v) is 4.22. The molecule has 180 valence electrons. The van der Waals surface area contributed by atoms with Gasteiger partial charge in [-0.2, -0.15) is 0 Å². The second kappa shape index (κ2) is 11.2. The largest absolute Gasteiger partial charge is 0.497 e. The molecule has 35 heavy (non-hydrogen) atoms. The third-order valence-electron chi connectivity index (χ3n) is 5.01. The third-order valence-corrected chi connectivity index (χ3v) is 6.19. The molecule has 8 nitrogen and oxygen atoms in total. The van der Waals surface area contributed by atoms with Gasteiger partial charge in [0.05, 0.1) is 27.1 Å². The van der Waals surface area contributed by atoms with Crippen molar-refractivity contribution in [3.63, 3.8) is 0 Å². The lowest BCUT2D eigenvalue weighted by Crippen LogP contribution is -2.14. The number of amides is 1. The van der Waals surface area contributed by atoms with Crippen LogP contribution in [0.25, 0.3) is 17.1 Å². The van der Waals surface area contributed by atoms with E-state index in [1.807, 2.05) is 41.0 Å². The Balaban J connectivity index is 1.59. The highest BCUT2D eigenvalue weighted by atomic mass is 35.5. The van der Waals surface area contributed by atoms with E-state index >= 15 is 0 Å². The average Bonchev–Trinajstić information content (AvgIpc) is 3.31. The van der Waals surface area contributed by atoms with Gasteiger partial charge in [-0.05, 0) is 36.4 Å². The van der Waals surface area contributed by atoms with Crippen molar-refractivity contribution in [3.8, 4) is 34.3 Å². The van der Waals surface area contributed by atoms with Gasteiger partial charge < -0.3 is 19.5 Å². The van der Waals surface area contributed by atoms with Crippen LogP contribution in [0.3, 0.4) is 0 Å². The van der Waals surface area contributed by atoms with Crippen LogP contribution in [0.4, 0.5) is 5.69 Å². The van der Waals surface area contributed by atoms with Crippen LogP contribution in [0.5, 0.6) is 17.2 Å². The number of methoxy groups -OCH3 is 3. The van der Waals surface area contributed by atoms with Gasteiger partial charge in [0.25, 0.3) is 0 Å². The minimum Gasteiger partial charge on any atom is -0.497 e. The Morgan fingerprint density at radius 1 is 0.914 bits per heavy atom. The molecule has 0 fully saturated rings. The number of nitrogens with one attached hydrogen (secondary N) is 1. The maximum atomic E-state index is 12.7. The summed E-state index contributed by atoms with van der Waals surface area (Å²) in [6, 6.07) is 20.1. The van der Waals surface area contributed by atoms with Gasteiger partial charge in [-0.1, -0.05) is 35.5 Å².